The second kappa shape index (κ2) is 4.50. The molecule has 1 nitrogen and oxygen atoms in total. The van der Waals surface area contributed by atoms with Gasteiger partial charge >= 0.3 is 0 Å². The van der Waals surface area contributed by atoms with Gasteiger partial charge in [0.25, 0.3) is 0 Å². The Labute approximate surface area is 68.2 Å². The minimum atomic E-state index is -0.977. The molecule has 11 heavy (non-hydrogen) atoms. The highest BCUT2D eigenvalue weighted by Crippen LogP contribution is 2.19. The molecule has 66 valence electrons. The number of alkyl halides is 1. The van der Waals surface area contributed by atoms with Crippen LogP contribution in [0.4, 0.5) is 4.39 Å². The molecule has 0 radical (unpaired) electrons. The van der Waals surface area contributed by atoms with Crippen LogP contribution < -0.4 is 0 Å². The van der Waals surface area contributed by atoms with Crippen LogP contribution in [0, 0.1) is 0 Å². The fraction of sp³-hybridized carbons (Fsp3) is 0.778. The summed E-state index contributed by atoms with van der Waals surface area (Å²) in [6.07, 6.45) is 3.62. The Morgan fingerprint density at radius 1 is 1.64 bits per heavy atom. The summed E-state index contributed by atoms with van der Waals surface area (Å²) in [5.74, 6) is 0. The van der Waals surface area contributed by atoms with Gasteiger partial charge in [0, 0.05) is 7.11 Å². The molecule has 0 aliphatic carbocycles. The largest absolute Gasteiger partial charge is 0.371 e. The van der Waals surface area contributed by atoms with Crippen molar-refractivity contribution in [1.82, 2.24) is 0 Å². The molecule has 0 bridgehead atoms. The van der Waals surface area contributed by atoms with Crippen molar-refractivity contribution >= 4 is 0 Å². The van der Waals surface area contributed by atoms with Crippen LogP contribution in [0.25, 0.3) is 0 Å². The molecule has 0 rings (SSSR count). The van der Waals surface area contributed by atoms with Crippen LogP contribution in [0.5, 0.6) is 0 Å². The third kappa shape index (κ3) is 3.02. The second-order valence-corrected chi connectivity index (χ2v) is 2.81. The van der Waals surface area contributed by atoms with E-state index in [4.69, 9.17) is 4.74 Å². The van der Waals surface area contributed by atoms with Gasteiger partial charge in [0.2, 0.25) is 0 Å². The van der Waals surface area contributed by atoms with Gasteiger partial charge in [-0.2, -0.15) is 0 Å². The molecule has 0 aromatic rings. The predicted octanol–water partition coefficient (Wildman–Crippen LogP) is 2.72. The van der Waals surface area contributed by atoms with Gasteiger partial charge in [0.05, 0.1) is 0 Å². The summed E-state index contributed by atoms with van der Waals surface area (Å²) in [5, 5.41) is 0. The van der Waals surface area contributed by atoms with E-state index in [1.807, 2.05) is 13.0 Å². The fourth-order valence-corrected chi connectivity index (χ4v) is 0.715. The molecule has 0 saturated carbocycles. The Kier molecular flexibility index (Phi) is 4.34. The molecule has 0 amide bonds. The number of hydrogen-bond donors (Lipinski definition) is 0. The monoisotopic (exact) mass is 160 g/mol. The quantitative estimate of drug-likeness (QED) is 0.574. The van der Waals surface area contributed by atoms with Crippen molar-refractivity contribution in [3.05, 3.63) is 12.2 Å². The maximum absolute atomic E-state index is 12.9. The number of rotatable bonds is 4. The maximum Gasteiger partial charge on any atom is 0.129 e. The molecular formula is C9H17FO. The summed E-state index contributed by atoms with van der Waals surface area (Å²) in [4.78, 5) is 0. The van der Waals surface area contributed by atoms with E-state index in [-0.39, 0.29) is 0 Å². The van der Waals surface area contributed by atoms with Crippen molar-refractivity contribution < 1.29 is 9.13 Å². The molecule has 0 saturated heterocycles. The van der Waals surface area contributed by atoms with E-state index in [1.165, 1.54) is 14.0 Å². The van der Waals surface area contributed by atoms with Crippen LogP contribution in [-0.2, 0) is 4.74 Å². The third-order valence-corrected chi connectivity index (χ3v) is 1.91. The molecule has 0 aromatic carbocycles. The first-order chi connectivity index (χ1) is 5.06. The van der Waals surface area contributed by atoms with Crippen molar-refractivity contribution in [1.29, 1.82) is 0 Å². The molecule has 0 aromatic heterocycles. The maximum atomic E-state index is 12.9. The van der Waals surface area contributed by atoms with Crippen LogP contribution in [0.2, 0.25) is 0 Å². The molecule has 0 aliphatic heterocycles. The van der Waals surface area contributed by atoms with Crippen LogP contribution in [0.3, 0.4) is 0 Å². The lowest BCUT2D eigenvalue weighted by Gasteiger charge is -2.25. The van der Waals surface area contributed by atoms with Gasteiger partial charge in [-0.1, -0.05) is 19.1 Å². The number of hydrogen-bond acceptors (Lipinski definition) is 1. The Hall–Kier alpha value is -0.370. The SMILES string of the molecule is CC/C=C\C(C)(OC)[C@@H](C)F. The lowest BCUT2D eigenvalue weighted by Crippen LogP contribution is -2.34. The summed E-state index contributed by atoms with van der Waals surface area (Å²) in [6.45, 7) is 5.25. The van der Waals surface area contributed by atoms with Crippen LogP contribution in [-0.4, -0.2) is 18.9 Å². The highest BCUT2D eigenvalue weighted by atomic mass is 19.1. The van der Waals surface area contributed by atoms with Crippen LogP contribution in [0.15, 0.2) is 12.2 Å². The molecule has 2 atom stereocenters. The van der Waals surface area contributed by atoms with Crippen LogP contribution >= 0.6 is 0 Å². The molecular weight excluding hydrogens is 143 g/mol. The van der Waals surface area contributed by atoms with E-state index >= 15 is 0 Å². The second-order valence-electron chi connectivity index (χ2n) is 2.81. The fourth-order valence-electron chi connectivity index (χ4n) is 0.715. The average molecular weight is 160 g/mol. The van der Waals surface area contributed by atoms with Crippen molar-refractivity contribution in [2.75, 3.05) is 7.11 Å². The highest BCUT2D eigenvalue weighted by molar-refractivity contribution is 5.02. The lowest BCUT2D eigenvalue weighted by atomic mass is 10.0. The Balaban J connectivity index is 4.21. The van der Waals surface area contributed by atoms with E-state index in [9.17, 15) is 4.39 Å². The number of allylic oxidation sites excluding steroid dienone is 1. The highest BCUT2D eigenvalue weighted by Gasteiger charge is 2.27. The minimum absolute atomic E-state index is 0.754. The molecule has 0 N–H and O–H groups in total. The molecule has 0 heterocycles. The zero-order chi connectivity index (χ0) is 8.91. The van der Waals surface area contributed by atoms with Gasteiger partial charge < -0.3 is 4.74 Å². The van der Waals surface area contributed by atoms with Gasteiger partial charge in [-0.25, -0.2) is 4.39 Å². The van der Waals surface area contributed by atoms with Gasteiger partial charge in [-0.3, -0.25) is 0 Å². The zero-order valence-corrected chi connectivity index (χ0v) is 7.73. The number of ether oxygens (including phenoxy) is 1. The van der Waals surface area contributed by atoms with Gasteiger partial charge in [0.15, 0.2) is 0 Å². The van der Waals surface area contributed by atoms with E-state index in [0.29, 0.717) is 0 Å². The normalized spacial score (nSPS) is 20.1. The summed E-state index contributed by atoms with van der Waals surface area (Å²) in [5.41, 5.74) is -0.754. The first-order valence-corrected chi connectivity index (χ1v) is 3.93. The average Bonchev–Trinajstić information content (AvgIpc) is 2.00. The standard InChI is InChI=1S/C9H17FO/c1-5-6-7-9(3,11-4)8(2)10/h6-8H,5H2,1-4H3/b7-6-/t8-,9?/m1/s1. The topological polar surface area (TPSA) is 9.23 Å². The van der Waals surface area contributed by atoms with E-state index < -0.39 is 11.8 Å². The molecule has 0 spiro atoms. The van der Waals surface area contributed by atoms with E-state index in [0.717, 1.165) is 6.42 Å². The van der Waals surface area contributed by atoms with Gasteiger partial charge in [-0.05, 0) is 20.3 Å². The summed E-state index contributed by atoms with van der Waals surface area (Å²) in [7, 11) is 1.52. The molecule has 1 unspecified atom stereocenters. The Bertz CT molecular complexity index is 132. The first kappa shape index (κ1) is 10.6. The van der Waals surface area contributed by atoms with Crippen molar-refractivity contribution in [2.24, 2.45) is 0 Å². The summed E-state index contributed by atoms with van der Waals surface area (Å²) >= 11 is 0. The third-order valence-electron chi connectivity index (χ3n) is 1.91. The number of halogens is 1. The van der Waals surface area contributed by atoms with Crippen molar-refractivity contribution in [3.8, 4) is 0 Å². The van der Waals surface area contributed by atoms with Gasteiger partial charge in [-0.15, -0.1) is 0 Å². The first-order valence-electron chi connectivity index (χ1n) is 3.93. The van der Waals surface area contributed by atoms with Crippen LogP contribution in [0.1, 0.15) is 27.2 Å². The van der Waals surface area contributed by atoms with Crippen molar-refractivity contribution in [2.45, 2.75) is 39.0 Å². The van der Waals surface area contributed by atoms with E-state index in [2.05, 4.69) is 0 Å². The Morgan fingerprint density at radius 2 is 2.18 bits per heavy atom. The molecule has 0 aliphatic rings. The zero-order valence-electron chi connectivity index (χ0n) is 7.73. The van der Waals surface area contributed by atoms with Gasteiger partial charge in [0.1, 0.15) is 11.8 Å². The summed E-state index contributed by atoms with van der Waals surface area (Å²) < 4.78 is 17.9. The van der Waals surface area contributed by atoms with E-state index in [1.54, 1.807) is 13.0 Å². The molecule has 0 fully saturated rings. The molecule has 2 heteroatoms. The minimum Gasteiger partial charge on any atom is -0.371 e. The lowest BCUT2D eigenvalue weighted by molar-refractivity contribution is -0.0112. The Morgan fingerprint density at radius 3 is 2.45 bits per heavy atom. The summed E-state index contributed by atoms with van der Waals surface area (Å²) in [6, 6.07) is 0. The van der Waals surface area contributed by atoms with Crippen molar-refractivity contribution in [3.63, 3.8) is 0 Å². The predicted molar refractivity (Wildman–Crippen MR) is 45.4 cm³/mol. The smallest absolute Gasteiger partial charge is 0.129 e. The number of methoxy groups -OCH3 is 1.